The van der Waals surface area contributed by atoms with Gasteiger partial charge in [-0.2, -0.15) is 18.1 Å². The van der Waals surface area contributed by atoms with E-state index in [0.29, 0.717) is 41.1 Å². The Bertz CT molecular complexity index is 1310. The van der Waals surface area contributed by atoms with Crippen LogP contribution >= 0.6 is 0 Å². The Hall–Kier alpha value is -3.84. The van der Waals surface area contributed by atoms with E-state index in [1.165, 1.54) is 21.3 Å². The summed E-state index contributed by atoms with van der Waals surface area (Å²) < 4.78 is 60.5. The van der Waals surface area contributed by atoms with Crippen LogP contribution in [0.3, 0.4) is 0 Å². The van der Waals surface area contributed by atoms with Crippen LogP contribution in [-0.4, -0.2) is 46.3 Å². The molecule has 1 fully saturated rings. The molecule has 2 aromatic carbocycles. The first-order chi connectivity index (χ1) is 17.3. The smallest absolute Gasteiger partial charge is 0.299 e. The molecule has 1 saturated carbocycles. The Morgan fingerprint density at radius 1 is 1.00 bits per heavy atom. The van der Waals surface area contributed by atoms with E-state index >= 15 is 0 Å². The van der Waals surface area contributed by atoms with E-state index in [-0.39, 0.29) is 17.5 Å². The molecule has 192 valence electrons. The first kappa shape index (κ1) is 25.3. The van der Waals surface area contributed by atoms with Gasteiger partial charge in [0.1, 0.15) is 0 Å². The summed E-state index contributed by atoms with van der Waals surface area (Å²) in [6, 6.07) is 9.82. The minimum atomic E-state index is -3.80. The normalized spacial score (nSPS) is 13.1. The van der Waals surface area contributed by atoms with E-state index < -0.39 is 16.0 Å². The predicted molar refractivity (Wildman–Crippen MR) is 134 cm³/mol. The fraction of sp³-hybridized carbons (Fsp3) is 0.304. The molecule has 4 N–H and O–H groups in total. The molecule has 1 aliphatic rings. The van der Waals surface area contributed by atoms with Crippen LogP contribution in [0.1, 0.15) is 12.8 Å². The van der Waals surface area contributed by atoms with Crippen molar-refractivity contribution in [1.29, 1.82) is 0 Å². The lowest BCUT2D eigenvalue weighted by Gasteiger charge is -2.16. The van der Waals surface area contributed by atoms with Gasteiger partial charge in [0.05, 0.1) is 38.9 Å². The van der Waals surface area contributed by atoms with Gasteiger partial charge in [0.2, 0.25) is 11.7 Å². The lowest BCUT2D eigenvalue weighted by atomic mass is 10.2. The Balaban J connectivity index is 1.55. The van der Waals surface area contributed by atoms with Gasteiger partial charge < -0.3 is 24.8 Å². The number of para-hydroxylation sites is 2. The molecule has 0 spiro atoms. The molecule has 3 aromatic rings. The van der Waals surface area contributed by atoms with Crippen molar-refractivity contribution in [1.82, 2.24) is 14.7 Å². The number of halogens is 1. The number of rotatable bonds is 12. The molecule has 0 saturated heterocycles. The zero-order valence-corrected chi connectivity index (χ0v) is 20.8. The highest BCUT2D eigenvalue weighted by atomic mass is 32.2. The maximum absolute atomic E-state index is 14.6. The highest BCUT2D eigenvalue weighted by Gasteiger charge is 2.24. The van der Waals surface area contributed by atoms with Crippen LogP contribution in [0.4, 0.5) is 33.2 Å². The Kier molecular flexibility index (Phi) is 7.60. The van der Waals surface area contributed by atoms with Gasteiger partial charge in [0, 0.05) is 24.4 Å². The van der Waals surface area contributed by atoms with Gasteiger partial charge in [0.25, 0.3) is 10.2 Å². The van der Waals surface area contributed by atoms with E-state index in [1.54, 1.807) is 36.4 Å². The molecule has 13 heteroatoms. The van der Waals surface area contributed by atoms with Crippen LogP contribution in [0.15, 0.2) is 42.6 Å². The largest absolute Gasteiger partial charge is 0.493 e. The quantitative estimate of drug-likeness (QED) is 0.282. The van der Waals surface area contributed by atoms with Crippen molar-refractivity contribution in [2.24, 2.45) is 5.92 Å². The molecule has 0 amide bonds. The maximum Gasteiger partial charge on any atom is 0.299 e. The molecule has 0 aliphatic heterocycles. The van der Waals surface area contributed by atoms with E-state index in [0.717, 1.165) is 19.0 Å². The zero-order chi connectivity index (χ0) is 25.7. The summed E-state index contributed by atoms with van der Waals surface area (Å²) in [5, 5.41) is 5.82. The van der Waals surface area contributed by atoms with Gasteiger partial charge in [-0.15, -0.1) is 0 Å². The summed E-state index contributed by atoms with van der Waals surface area (Å²) in [7, 11) is 0.682. The second-order valence-electron chi connectivity index (χ2n) is 8.00. The molecule has 0 atom stereocenters. The maximum atomic E-state index is 14.6. The molecule has 11 nitrogen and oxygen atoms in total. The minimum absolute atomic E-state index is 0.0809. The van der Waals surface area contributed by atoms with Crippen molar-refractivity contribution >= 4 is 39.0 Å². The third-order valence-electron chi connectivity index (χ3n) is 5.35. The van der Waals surface area contributed by atoms with Gasteiger partial charge in [-0.25, -0.2) is 9.37 Å². The number of ether oxygens (including phenoxy) is 3. The van der Waals surface area contributed by atoms with Crippen LogP contribution in [0.2, 0.25) is 0 Å². The van der Waals surface area contributed by atoms with Crippen LogP contribution in [-0.2, 0) is 10.2 Å². The predicted octanol–water partition coefficient (Wildman–Crippen LogP) is 3.79. The van der Waals surface area contributed by atoms with Crippen LogP contribution in [0, 0.1) is 11.7 Å². The summed E-state index contributed by atoms with van der Waals surface area (Å²) in [6.45, 7) is 0.376. The van der Waals surface area contributed by atoms with Crippen LogP contribution < -0.4 is 34.3 Å². The van der Waals surface area contributed by atoms with E-state index in [2.05, 4.69) is 30.0 Å². The first-order valence-electron chi connectivity index (χ1n) is 11.0. The highest BCUT2D eigenvalue weighted by molar-refractivity contribution is 7.90. The molecule has 4 rings (SSSR count). The molecule has 0 radical (unpaired) electrons. The number of anilines is 5. The third-order valence-corrected chi connectivity index (χ3v) is 6.38. The van der Waals surface area contributed by atoms with Gasteiger partial charge in [-0.3, -0.25) is 4.72 Å². The molecule has 0 bridgehead atoms. The number of hydrogen-bond acceptors (Lipinski definition) is 9. The molecular formula is C23H27FN6O5S. The second-order valence-corrected chi connectivity index (χ2v) is 9.50. The highest BCUT2D eigenvalue weighted by Crippen LogP contribution is 2.40. The molecule has 0 unspecified atom stereocenters. The average Bonchev–Trinajstić information content (AvgIpc) is 3.70. The fourth-order valence-electron chi connectivity index (χ4n) is 3.34. The average molecular weight is 519 g/mol. The van der Waals surface area contributed by atoms with E-state index in [9.17, 15) is 12.8 Å². The lowest BCUT2D eigenvalue weighted by Crippen LogP contribution is -2.31. The van der Waals surface area contributed by atoms with Crippen LogP contribution in [0.25, 0.3) is 0 Å². The summed E-state index contributed by atoms with van der Waals surface area (Å²) >= 11 is 0. The standard InChI is InChI=1S/C23H27FN6O5S/c1-33-19-10-15(11-20(34-2)21(19)35-3)27-23-25-13-16(24)22(29-23)28-17-6-4-5-7-18(17)30-36(31,32)26-12-14-8-9-14/h4-7,10-11,13-14,26,30H,8-9,12H2,1-3H3,(H2,25,27,28,29). The Labute approximate surface area is 208 Å². The summed E-state index contributed by atoms with van der Waals surface area (Å²) in [5.41, 5.74) is 1.06. The topological polar surface area (TPSA) is 136 Å². The second kappa shape index (κ2) is 10.8. The van der Waals surface area contributed by atoms with E-state index in [4.69, 9.17) is 14.2 Å². The molecular weight excluding hydrogens is 491 g/mol. The molecule has 1 heterocycles. The fourth-order valence-corrected chi connectivity index (χ4v) is 4.33. The van der Waals surface area contributed by atoms with Gasteiger partial charge in [-0.1, -0.05) is 12.1 Å². The number of methoxy groups -OCH3 is 3. The molecule has 1 aromatic heterocycles. The minimum Gasteiger partial charge on any atom is -0.493 e. The monoisotopic (exact) mass is 518 g/mol. The number of nitrogens with zero attached hydrogens (tertiary/aromatic N) is 2. The number of hydrogen-bond donors (Lipinski definition) is 4. The lowest BCUT2D eigenvalue weighted by molar-refractivity contribution is 0.324. The third kappa shape index (κ3) is 6.23. The van der Waals surface area contributed by atoms with Crippen molar-refractivity contribution < 1.29 is 27.0 Å². The number of benzene rings is 2. The summed E-state index contributed by atoms with van der Waals surface area (Å²) in [4.78, 5) is 8.19. The van der Waals surface area contributed by atoms with Crippen LogP contribution in [0.5, 0.6) is 17.2 Å². The summed E-state index contributed by atoms with van der Waals surface area (Å²) in [5.74, 6) is 0.817. The van der Waals surface area contributed by atoms with E-state index in [1.807, 2.05) is 0 Å². The SMILES string of the molecule is COc1cc(Nc2ncc(F)c(Nc3ccccc3NS(=O)(=O)NCC3CC3)n2)cc(OC)c1OC. The first-order valence-corrected chi connectivity index (χ1v) is 12.5. The van der Waals surface area contributed by atoms with Crippen molar-refractivity contribution in [3.05, 3.63) is 48.4 Å². The summed E-state index contributed by atoms with van der Waals surface area (Å²) in [6.07, 6.45) is 3.03. The molecule has 1 aliphatic carbocycles. The number of nitrogens with one attached hydrogen (secondary N) is 4. The Morgan fingerprint density at radius 3 is 2.28 bits per heavy atom. The number of aromatic nitrogens is 2. The van der Waals surface area contributed by atoms with Crippen molar-refractivity contribution in [2.75, 3.05) is 43.2 Å². The van der Waals surface area contributed by atoms with Crippen molar-refractivity contribution in [2.45, 2.75) is 12.8 Å². The van der Waals surface area contributed by atoms with Gasteiger partial charge in [-0.05, 0) is 30.9 Å². The van der Waals surface area contributed by atoms with Crippen molar-refractivity contribution in [3.63, 3.8) is 0 Å². The Morgan fingerprint density at radius 2 is 1.67 bits per heavy atom. The van der Waals surface area contributed by atoms with Gasteiger partial charge >= 0.3 is 0 Å². The molecule has 36 heavy (non-hydrogen) atoms. The zero-order valence-electron chi connectivity index (χ0n) is 20.0. The van der Waals surface area contributed by atoms with Crippen molar-refractivity contribution in [3.8, 4) is 17.2 Å². The van der Waals surface area contributed by atoms with Gasteiger partial charge in [0.15, 0.2) is 23.1 Å².